The number of fused-ring (bicyclic) bond motifs is 1. The Morgan fingerprint density at radius 1 is 1.30 bits per heavy atom. The maximum Gasteiger partial charge on any atom is 0.258 e. The topological polar surface area (TPSA) is 60.2 Å². The molecule has 0 bridgehead atoms. The van der Waals surface area contributed by atoms with Crippen molar-refractivity contribution < 1.29 is 9.26 Å². The maximum atomic E-state index is 5.64. The zero-order valence-electron chi connectivity index (χ0n) is 12.1. The van der Waals surface area contributed by atoms with E-state index in [-0.39, 0.29) is 0 Å². The van der Waals surface area contributed by atoms with Gasteiger partial charge in [-0.05, 0) is 44.0 Å². The summed E-state index contributed by atoms with van der Waals surface area (Å²) in [7, 11) is 0. The van der Waals surface area contributed by atoms with E-state index in [1.165, 1.54) is 11.1 Å². The molecule has 0 aliphatic carbocycles. The van der Waals surface area contributed by atoms with Crippen molar-refractivity contribution in [3.05, 3.63) is 35.2 Å². The number of rotatable bonds is 4. The SMILES string of the molecule is CCOC(C)(C)c1noc(-c2ccc3c(c2)CNC3)n1. The lowest BCUT2D eigenvalue weighted by Gasteiger charge is -2.19. The van der Waals surface area contributed by atoms with Crippen LogP contribution in [0, 0.1) is 0 Å². The molecule has 0 fully saturated rings. The Bertz CT molecular complexity index is 619. The van der Waals surface area contributed by atoms with Gasteiger partial charge in [0.05, 0.1) is 0 Å². The first-order valence-corrected chi connectivity index (χ1v) is 6.91. The van der Waals surface area contributed by atoms with Gasteiger partial charge in [-0.2, -0.15) is 4.98 Å². The van der Waals surface area contributed by atoms with Gasteiger partial charge in [0.1, 0.15) is 5.60 Å². The summed E-state index contributed by atoms with van der Waals surface area (Å²) >= 11 is 0. The van der Waals surface area contributed by atoms with Gasteiger partial charge in [-0.3, -0.25) is 0 Å². The summed E-state index contributed by atoms with van der Waals surface area (Å²) in [6.45, 7) is 8.28. The summed E-state index contributed by atoms with van der Waals surface area (Å²) in [5.41, 5.74) is 3.06. The van der Waals surface area contributed by atoms with Crippen LogP contribution in [0.1, 0.15) is 37.7 Å². The van der Waals surface area contributed by atoms with Crippen molar-refractivity contribution in [1.82, 2.24) is 15.5 Å². The van der Waals surface area contributed by atoms with Crippen LogP contribution < -0.4 is 5.32 Å². The number of hydrogen-bond donors (Lipinski definition) is 1. The fourth-order valence-corrected chi connectivity index (χ4v) is 2.44. The Kier molecular flexibility index (Phi) is 3.31. The Morgan fingerprint density at radius 3 is 2.90 bits per heavy atom. The monoisotopic (exact) mass is 273 g/mol. The van der Waals surface area contributed by atoms with Crippen LogP contribution >= 0.6 is 0 Å². The molecule has 20 heavy (non-hydrogen) atoms. The summed E-state index contributed by atoms with van der Waals surface area (Å²) in [5.74, 6) is 1.12. The van der Waals surface area contributed by atoms with Crippen LogP contribution in [0.25, 0.3) is 11.5 Å². The minimum absolute atomic E-state index is 0.533. The molecule has 0 atom stereocenters. The minimum atomic E-state index is -0.533. The highest BCUT2D eigenvalue weighted by Gasteiger charge is 2.27. The average molecular weight is 273 g/mol. The molecule has 1 N–H and O–H groups in total. The van der Waals surface area contributed by atoms with E-state index in [0.29, 0.717) is 18.3 Å². The number of nitrogens with one attached hydrogen (secondary N) is 1. The molecule has 1 aromatic carbocycles. The summed E-state index contributed by atoms with van der Waals surface area (Å²) in [5, 5.41) is 7.38. The van der Waals surface area contributed by atoms with Crippen LogP contribution in [0.4, 0.5) is 0 Å². The number of nitrogens with zero attached hydrogens (tertiary/aromatic N) is 2. The quantitative estimate of drug-likeness (QED) is 0.928. The van der Waals surface area contributed by atoms with Gasteiger partial charge < -0.3 is 14.6 Å². The fraction of sp³-hybridized carbons (Fsp3) is 0.467. The van der Waals surface area contributed by atoms with Crippen molar-refractivity contribution in [3.63, 3.8) is 0 Å². The number of benzene rings is 1. The molecule has 1 aliphatic heterocycles. The normalized spacial score (nSPS) is 14.6. The third kappa shape index (κ3) is 2.34. The summed E-state index contributed by atoms with van der Waals surface area (Å²) < 4.78 is 11.0. The summed E-state index contributed by atoms with van der Waals surface area (Å²) in [4.78, 5) is 4.47. The van der Waals surface area contributed by atoms with Crippen molar-refractivity contribution in [2.75, 3.05) is 6.61 Å². The van der Waals surface area contributed by atoms with Gasteiger partial charge >= 0.3 is 0 Å². The second-order valence-corrected chi connectivity index (χ2v) is 5.45. The van der Waals surface area contributed by atoms with Gasteiger partial charge in [-0.1, -0.05) is 11.2 Å². The van der Waals surface area contributed by atoms with Crippen LogP contribution in [0.3, 0.4) is 0 Å². The summed E-state index contributed by atoms with van der Waals surface area (Å²) in [6, 6.07) is 6.25. The predicted octanol–water partition coefficient (Wildman–Crippen LogP) is 2.61. The van der Waals surface area contributed by atoms with Crippen LogP contribution in [0.2, 0.25) is 0 Å². The second-order valence-electron chi connectivity index (χ2n) is 5.45. The lowest BCUT2D eigenvalue weighted by atomic mass is 10.1. The first-order chi connectivity index (χ1) is 9.60. The van der Waals surface area contributed by atoms with E-state index in [9.17, 15) is 0 Å². The van der Waals surface area contributed by atoms with E-state index in [1.54, 1.807) is 0 Å². The molecule has 0 radical (unpaired) electrons. The second kappa shape index (κ2) is 5.00. The van der Waals surface area contributed by atoms with Crippen molar-refractivity contribution in [3.8, 4) is 11.5 Å². The molecule has 2 heterocycles. The van der Waals surface area contributed by atoms with Crippen molar-refractivity contribution >= 4 is 0 Å². The lowest BCUT2D eigenvalue weighted by Crippen LogP contribution is -2.23. The summed E-state index contributed by atoms with van der Waals surface area (Å²) in [6.07, 6.45) is 0. The van der Waals surface area contributed by atoms with Crippen LogP contribution in [0.15, 0.2) is 22.7 Å². The molecule has 3 rings (SSSR count). The highest BCUT2D eigenvalue weighted by Crippen LogP contribution is 2.27. The van der Waals surface area contributed by atoms with Gasteiger partial charge in [0.25, 0.3) is 5.89 Å². The molecular weight excluding hydrogens is 254 g/mol. The highest BCUT2D eigenvalue weighted by atomic mass is 16.5. The Balaban J connectivity index is 1.90. The van der Waals surface area contributed by atoms with Gasteiger partial charge in [0, 0.05) is 25.3 Å². The van der Waals surface area contributed by atoms with Gasteiger partial charge in [-0.25, -0.2) is 0 Å². The molecule has 0 amide bonds. The third-order valence-electron chi connectivity index (χ3n) is 3.55. The molecule has 1 aliphatic rings. The average Bonchev–Trinajstić information content (AvgIpc) is 3.07. The van der Waals surface area contributed by atoms with E-state index in [1.807, 2.05) is 26.8 Å². The molecule has 5 nitrogen and oxygen atoms in total. The van der Waals surface area contributed by atoms with E-state index in [0.717, 1.165) is 18.7 Å². The number of hydrogen-bond acceptors (Lipinski definition) is 5. The molecule has 1 aromatic heterocycles. The molecule has 0 spiro atoms. The van der Waals surface area contributed by atoms with Crippen molar-refractivity contribution in [1.29, 1.82) is 0 Å². The Morgan fingerprint density at radius 2 is 2.10 bits per heavy atom. The molecular formula is C15H19N3O2. The lowest BCUT2D eigenvalue weighted by molar-refractivity contribution is -0.0221. The molecule has 0 unspecified atom stereocenters. The molecule has 0 saturated carbocycles. The molecule has 2 aromatic rings. The zero-order chi connectivity index (χ0) is 14.2. The Hall–Kier alpha value is -1.72. The first-order valence-electron chi connectivity index (χ1n) is 6.91. The number of ether oxygens (including phenoxy) is 1. The minimum Gasteiger partial charge on any atom is -0.368 e. The first kappa shape index (κ1) is 13.3. The van der Waals surface area contributed by atoms with Crippen molar-refractivity contribution in [2.45, 2.75) is 39.5 Å². The largest absolute Gasteiger partial charge is 0.368 e. The number of aromatic nitrogens is 2. The zero-order valence-corrected chi connectivity index (χ0v) is 12.1. The van der Waals surface area contributed by atoms with Crippen LogP contribution in [-0.4, -0.2) is 16.7 Å². The van der Waals surface area contributed by atoms with Gasteiger partial charge in [0.2, 0.25) is 5.82 Å². The third-order valence-corrected chi connectivity index (χ3v) is 3.55. The molecule has 106 valence electrons. The van der Waals surface area contributed by atoms with E-state index < -0.39 is 5.60 Å². The van der Waals surface area contributed by atoms with Gasteiger partial charge in [-0.15, -0.1) is 0 Å². The predicted molar refractivity (Wildman–Crippen MR) is 74.9 cm³/mol. The van der Waals surface area contributed by atoms with Crippen molar-refractivity contribution in [2.24, 2.45) is 0 Å². The van der Waals surface area contributed by atoms with E-state index in [4.69, 9.17) is 9.26 Å². The van der Waals surface area contributed by atoms with Crippen LogP contribution in [0.5, 0.6) is 0 Å². The van der Waals surface area contributed by atoms with Gasteiger partial charge in [0.15, 0.2) is 0 Å². The molecule has 0 saturated heterocycles. The molecule has 5 heteroatoms. The highest BCUT2D eigenvalue weighted by molar-refractivity contribution is 5.56. The fourth-order valence-electron chi connectivity index (χ4n) is 2.44. The standard InChI is InChI=1S/C15H19N3O2/c1-4-19-15(2,3)14-17-13(20-18-14)10-5-6-11-8-16-9-12(11)7-10/h5-7,16H,4,8-9H2,1-3H3. The maximum absolute atomic E-state index is 5.64. The van der Waals surface area contributed by atoms with E-state index >= 15 is 0 Å². The Labute approximate surface area is 118 Å². The van der Waals surface area contributed by atoms with E-state index in [2.05, 4.69) is 27.6 Å². The smallest absolute Gasteiger partial charge is 0.258 e. The van der Waals surface area contributed by atoms with Crippen LogP contribution in [-0.2, 0) is 23.4 Å².